The van der Waals surface area contributed by atoms with Gasteiger partial charge in [-0.15, -0.1) is 0 Å². The lowest BCUT2D eigenvalue weighted by Crippen LogP contribution is -2.44. The highest BCUT2D eigenvalue weighted by molar-refractivity contribution is 7.89. The van der Waals surface area contributed by atoms with E-state index in [-0.39, 0.29) is 18.2 Å². The lowest BCUT2D eigenvalue weighted by molar-refractivity contribution is -0.131. The minimum absolute atomic E-state index is 0.108. The summed E-state index contributed by atoms with van der Waals surface area (Å²) in [4.78, 5) is 25.5. The van der Waals surface area contributed by atoms with Crippen LogP contribution in [0.3, 0.4) is 0 Å². The average molecular weight is 351 g/mol. The van der Waals surface area contributed by atoms with Crippen LogP contribution in [0.15, 0.2) is 36.9 Å². The van der Waals surface area contributed by atoms with E-state index < -0.39 is 15.3 Å². The molecular formula is C16H21N3O4S. The molecule has 1 heterocycles. The first-order valence-corrected chi connectivity index (χ1v) is 9.23. The van der Waals surface area contributed by atoms with Gasteiger partial charge in [0.2, 0.25) is 21.8 Å². The van der Waals surface area contributed by atoms with Gasteiger partial charge in [-0.1, -0.05) is 24.8 Å². The number of nitrogens with zero attached hydrogens (tertiary/aromatic N) is 1. The number of sulfonamides is 1. The molecule has 1 aromatic rings. The average Bonchev–Trinajstić information content (AvgIpc) is 2.55. The fourth-order valence-corrected chi connectivity index (χ4v) is 3.56. The highest BCUT2D eigenvalue weighted by atomic mass is 32.2. The summed E-state index contributed by atoms with van der Waals surface area (Å²) in [5, 5.41) is 7.24. The molecule has 1 saturated heterocycles. The minimum atomic E-state index is -3.55. The maximum absolute atomic E-state index is 12.4. The molecule has 8 heteroatoms. The normalized spacial score (nSPS) is 15.8. The van der Waals surface area contributed by atoms with Crippen molar-refractivity contribution in [3.05, 3.63) is 42.5 Å². The van der Waals surface area contributed by atoms with Crippen molar-refractivity contribution in [2.45, 2.75) is 24.5 Å². The Hall–Kier alpha value is -2.19. The molecule has 0 saturated carbocycles. The number of anilines is 1. The van der Waals surface area contributed by atoms with Crippen molar-refractivity contribution < 1.29 is 18.0 Å². The molecule has 0 unspecified atom stereocenters. The number of likely N-dealkylation sites (tertiary alicyclic amines) is 1. The van der Waals surface area contributed by atoms with Crippen molar-refractivity contribution in [1.82, 2.24) is 4.90 Å². The first-order valence-electron chi connectivity index (χ1n) is 7.62. The zero-order valence-corrected chi connectivity index (χ0v) is 14.1. The quantitative estimate of drug-likeness (QED) is 0.758. The van der Waals surface area contributed by atoms with Crippen LogP contribution in [0.4, 0.5) is 5.69 Å². The van der Waals surface area contributed by atoms with E-state index in [4.69, 9.17) is 5.14 Å². The lowest BCUT2D eigenvalue weighted by atomic mass is 10.1. The predicted octanol–water partition coefficient (Wildman–Crippen LogP) is 0.633. The Morgan fingerprint density at radius 1 is 1.29 bits per heavy atom. The monoisotopic (exact) mass is 351 g/mol. The summed E-state index contributed by atoms with van der Waals surface area (Å²) in [6, 6.07) is 7.05. The summed E-state index contributed by atoms with van der Waals surface area (Å²) in [5.41, 5.74) is 1.27. The third-order valence-electron chi connectivity index (χ3n) is 4.06. The van der Waals surface area contributed by atoms with Crippen molar-refractivity contribution in [2.75, 3.05) is 18.4 Å². The smallest absolute Gasteiger partial charge is 0.247 e. The second kappa shape index (κ2) is 7.59. The number of rotatable bonds is 5. The van der Waals surface area contributed by atoms with E-state index in [1.54, 1.807) is 29.2 Å². The molecule has 0 aliphatic carbocycles. The Kier molecular flexibility index (Phi) is 5.74. The van der Waals surface area contributed by atoms with Crippen LogP contribution in [0.2, 0.25) is 0 Å². The molecule has 1 aliphatic rings. The van der Waals surface area contributed by atoms with Crippen molar-refractivity contribution in [1.29, 1.82) is 0 Å². The van der Waals surface area contributed by atoms with E-state index in [2.05, 4.69) is 11.9 Å². The third-order valence-corrected chi connectivity index (χ3v) is 5.46. The molecule has 2 rings (SSSR count). The van der Waals surface area contributed by atoms with Gasteiger partial charge in [0.15, 0.2) is 0 Å². The van der Waals surface area contributed by atoms with Gasteiger partial charge in [-0.2, -0.15) is 0 Å². The maximum Gasteiger partial charge on any atom is 0.247 e. The van der Waals surface area contributed by atoms with Crippen LogP contribution in [0.25, 0.3) is 0 Å². The highest BCUT2D eigenvalue weighted by Gasteiger charge is 2.29. The van der Waals surface area contributed by atoms with Gasteiger partial charge in [-0.25, -0.2) is 13.6 Å². The van der Waals surface area contributed by atoms with Gasteiger partial charge in [0.05, 0.1) is 11.7 Å². The van der Waals surface area contributed by atoms with E-state index in [0.717, 1.165) is 6.08 Å². The fraction of sp³-hybridized carbons (Fsp3) is 0.375. The highest BCUT2D eigenvalue weighted by Crippen LogP contribution is 2.20. The Balaban J connectivity index is 2.01. The van der Waals surface area contributed by atoms with E-state index >= 15 is 0 Å². The summed E-state index contributed by atoms with van der Waals surface area (Å²) in [6.07, 6.45) is 1.99. The maximum atomic E-state index is 12.4. The molecule has 1 aromatic carbocycles. The summed E-state index contributed by atoms with van der Waals surface area (Å²) in [5.74, 6) is -0.452. The molecule has 7 nitrogen and oxygen atoms in total. The Labute approximate surface area is 141 Å². The number of benzene rings is 1. The molecule has 24 heavy (non-hydrogen) atoms. The molecule has 0 atom stereocenters. The number of carbonyl (C=O) groups is 2. The Morgan fingerprint density at radius 3 is 2.50 bits per heavy atom. The molecule has 1 fully saturated rings. The van der Waals surface area contributed by atoms with Crippen LogP contribution < -0.4 is 10.5 Å². The number of amides is 2. The van der Waals surface area contributed by atoms with Gasteiger partial charge in [-0.05, 0) is 30.5 Å². The molecule has 0 aromatic heterocycles. The van der Waals surface area contributed by atoms with E-state index in [1.165, 1.54) is 0 Å². The standard InChI is InChI=1S/C16H21N3O4S/c1-2-15(20)18-14-6-4-3-5-12(14)11-16(21)19-9-7-13(8-10-19)24(17,22)23/h2-6,13H,1,7-11H2,(H,18,20)(H2,17,22,23). The zero-order valence-electron chi connectivity index (χ0n) is 13.3. The van der Waals surface area contributed by atoms with Crippen molar-refractivity contribution in [3.63, 3.8) is 0 Å². The van der Waals surface area contributed by atoms with Crippen LogP contribution >= 0.6 is 0 Å². The van der Waals surface area contributed by atoms with Gasteiger partial charge in [-0.3, -0.25) is 9.59 Å². The number of carbonyl (C=O) groups excluding carboxylic acids is 2. The van der Waals surface area contributed by atoms with E-state index in [0.29, 0.717) is 37.2 Å². The fourth-order valence-electron chi connectivity index (χ4n) is 2.69. The number of hydrogen-bond donors (Lipinski definition) is 2. The van der Waals surface area contributed by atoms with Crippen LogP contribution in [0.5, 0.6) is 0 Å². The number of nitrogens with two attached hydrogens (primary N) is 1. The van der Waals surface area contributed by atoms with Crippen LogP contribution in [-0.2, 0) is 26.0 Å². The van der Waals surface area contributed by atoms with Gasteiger partial charge >= 0.3 is 0 Å². The van der Waals surface area contributed by atoms with Gasteiger partial charge in [0, 0.05) is 18.8 Å². The largest absolute Gasteiger partial charge is 0.342 e. The van der Waals surface area contributed by atoms with Gasteiger partial charge in [0.25, 0.3) is 0 Å². The van der Waals surface area contributed by atoms with E-state index in [1.807, 2.05) is 0 Å². The molecule has 0 spiro atoms. The lowest BCUT2D eigenvalue weighted by Gasteiger charge is -2.31. The van der Waals surface area contributed by atoms with Crippen molar-refractivity contribution in [3.8, 4) is 0 Å². The number of hydrogen-bond acceptors (Lipinski definition) is 4. The van der Waals surface area contributed by atoms with Crippen LogP contribution in [0.1, 0.15) is 18.4 Å². The SMILES string of the molecule is C=CC(=O)Nc1ccccc1CC(=O)N1CCC(S(N)(=O)=O)CC1. The van der Waals surface area contributed by atoms with Crippen molar-refractivity contribution in [2.24, 2.45) is 5.14 Å². The number of para-hydroxylation sites is 1. The third kappa shape index (κ3) is 4.65. The second-order valence-electron chi connectivity index (χ2n) is 5.70. The van der Waals surface area contributed by atoms with E-state index in [9.17, 15) is 18.0 Å². The molecule has 2 amide bonds. The van der Waals surface area contributed by atoms with Crippen LogP contribution in [-0.4, -0.2) is 43.5 Å². The predicted molar refractivity (Wildman–Crippen MR) is 91.7 cm³/mol. The first-order chi connectivity index (χ1) is 11.3. The zero-order chi connectivity index (χ0) is 17.7. The number of piperidine rings is 1. The Bertz CT molecular complexity index is 737. The molecule has 0 bridgehead atoms. The Morgan fingerprint density at radius 2 is 1.92 bits per heavy atom. The topological polar surface area (TPSA) is 110 Å². The molecule has 3 N–H and O–H groups in total. The molecular weight excluding hydrogens is 330 g/mol. The van der Waals surface area contributed by atoms with Gasteiger partial charge < -0.3 is 10.2 Å². The number of primary sulfonamides is 1. The number of nitrogens with one attached hydrogen (secondary N) is 1. The second-order valence-corrected chi connectivity index (χ2v) is 7.54. The molecule has 0 radical (unpaired) electrons. The molecule has 130 valence electrons. The van der Waals surface area contributed by atoms with Crippen LogP contribution in [0, 0.1) is 0 Å². The first kappa shape index (κ1) is 18.2. The summed E-state index contributed by atoms with van der Waals surface area (Å²) >= 11 is 0. The molecule has 1 aliphatic heterocycles. The summed E-state index contributed by atoms with van der Waals surface area (Å²) in [6.45, 7) is 4.13. The van der Waals surface area contributed by atoms with Gasteiger partial charge in [0.1, 0.15) is 0 Å². The van der Waals surface area contributed by atoms with Crippen molar-refractivity contribution >= 4 is 27.5 Å². The minimum Gasteiger partial charge on any atom is -0.342 e. The summed E-state index contributed by atoms with van der Waals surface area (Å²) < 4.78 is 22.7. The summed E-state index contributed by atoms with van der Waals surface area (Å²) in [7, 11) is -3.55.